The smallest absolute Gasteiger partial charge is 0.120 e. The fourth-order valence-electron chi connectivity index (χ4n) is 1.49. The molecule has 1 heterocycles. The Bertz CT molecular complexity index is 554. The largest absolute Gasteiger partial charge is 0.335 e. The number of hydrogen-bond acceptors (Lipinski definition) is 1. The number of hydrogen-bond donors (Lipinski definition) is 0. The lowest BCUT2D eigenvalue weighted by Crippen LogP contribution is -2.01. The summed E-state index contributed by atoms with van der Waals surface area (Å²) < 4.78 is 2.82. The van der Waals surface area contributed by atoms with E-state index in [0.717, 1.165) is 10.0 Å². The van der Waals surface area contributed by atoms with Crippen molar-refractivity contribution in [1.29, 1.82) is 5.26 Å². The minimum Gasteiger partial charge on any atom is -0.335 e. The van der Waals surface area contributed by atoms with Gasteiger partial charge in [-0.1, -0.05) is 33.6 Å². The van der Waals surface area contributed by atoms with Crippen molar-refractivity contribution >= 4 is 27.5 Å². The lowest BCUT2D eigenvalue weighted by molar-refractivity contribution is 0.793. The van der Waals surface area contributed by atoms with Crippen LogP contribution in [0.2, 0.25) is 5.02 Å². The van der Waals surface area contributed by atoms with E-state index in [9.17, 15) is 0 Å². The van der Waals surface area contributed by atoms with Crippen molar-refractivity contribution in [3.05, 3.63) is 57.3 Å². The van der Waals surface area contributed by atoms with Crippen LogP contribution >= 0.6 is 27.5 Å². The first kappa shape index (κ1) is 11.3. The van der Waals surface area contributed by atoms with Crippen LogP contribution in [0.15, 0.2) is 41.0 Å². The maximum Gasteiger partial charge on any atom is 0.120 e. The average Bonchev–Trinajstić information content (AvgIpc) is 2.69. The molecule has 0 fully saturated rings. The monoisotopic (exact) mass is 294 g/mol. The fraction of sp³-hybridized carbons (Fsp3) is 0.0833. The zero-order valence-electron chi connectivity index (χ0n) is 8.32. The number of rotatable bonds is 2. The Labute approximate surface area is 107 Å². The summed E-state index contributed by atoms with van der Waals surface area (Å²) in [4.78, 5) is 0. The number of aromatic nitrogens is 1. The first-order valence-corrected chi connectivity index (χ1v) is 5.87. The van der Waals surface area contributed by atoms with Crippen LogP contribution in [0, 0.1) is 11.3 Å². The molecule has 2 nitrogen and oxygen atoms in total. The number of nitriles is 1. The van der Waals surface area contributed by atoms with Crippen LogP contribution in [-0.2, 0) is 6.54 Å². The highest BCUT2D eigenvalue weighted by Crippen LogP contribution is 2.22. The number of benzene rings is 1. The Morgan fingerprint density at radius 3 is 2.88 bits per heavy atom. The molecule has 0 amide bonds. The first-order chi connectivity index (χ1) is 7.70. The van der Waals surface area contributed by atoms with Gasteiger partial charge in [0.1, 0.15) is 11.8 Å². The van der Waals surface area contributed by atoms with Gasteiger partial charge in [0.05, 0.1) is 0 Å². The lowest BCUT2D eigenvalue weighted by Gasteiger charge is -2.07. The first-order valence-electron chi connectivity index (χ1n) is 4.70. The molecule has 0 bridgehead atoms. The van der Waals surface area contributed by atoms with Crippen molar-refractivity contribution in [3.63, 3.8) is 0 Å². The molecule has 4 heteroatoms. The summed E-state index contributed by atoms with van der Waals surface area (Å²) in [6.07, 6.45) is 1.87. The van der Waals surface area contributed by atoms with Crippen molar-refractivity contribution in [2.45, 2.75) is 6.54 Å². The summed E-state index contributed by atoms with van der Waals surface area (Å²) in [5, 5.41) is 9.59. The summed E-state index contributed by atoms with van der Waals surface area (Å²) in [5.41, 5.74) is 1.64. The average molecular weight is 296 g/mol. The van der Waals surface area contributed by atoms with E-state index in [1.165, 1.54) is 0 Å². The molecule has 1 aromatic carbocycles. The molecule has 2 aromatic rings. The molecular formula is C12H8BrClN2. The third-order valence-electron chi connectivity index (χ3n) is 2.30. The molecular weight excluding hydrogens is 288 g/mol. The summed E-state index contributed by atoms with van der Waals surface area (Å²) in [7, 11) is 0. The standard InChI is InChI=1S/C12H8BrClN2/c13-10-4-3-9(12(14)6-10)8-16-5-1-2-11(16)7-15/h1-6H,8H2. The Morgan fingerprint density at radius 2 is 2.19 bits per heavy atom. The Kier molecular flexibility index (Phi) is 3.33. The summed E-state index contributed by atoms with van der Waals surface area (Å²) in [5.74, 6) is 0. The second-order valence-electron chi connectivity index (χ2n) is 3.37. The normalized spacial score (nSPS) is 10.1. The Morgan fingerprint density at radius 1 is 1.38 bits per heavy atom. The molecule has 0 radical (unpaired) electrons. The third kappa shape index (κ3) is 2.29. The quantitative estimate of drug-likeness (QED) is 0.828. The van der Waals surface area contributed by atoms with E-state index < -0.39 is 0 Å². The van der Waals surface area contributed by atoms with Gasteiger partial charge in [0, 0.05) is 22.2 Å². The van der Waals surface area contributed by atoms with Crippen molar-refractivity contribution in [2.75, 3.05) is 0 Å². The molecule has 1 aromatic heterocycles. The zero-order chi connectivity index (χ0) is 11.5. The van der Waals surface area contributed by atoms with Crippen LogP contribution in [0.3, 0.4) is 0 Å². The molecule has 0 saturated heterocycles. The van der Waals surface area contributed by atoms with Crippen LogP contribution in [0.4, 0.5) is 0 Å². The molecule has 0 atom stereocenters. The molecule has 0 unspecified atom stereocenters. The molecule has 0 aliphatic rings. The third-order valence-corrected chi connectivity index (χ3v) is 3.14. The van der Waals surface area contributed by atoms with Gasteiger partial charge >= 0.3 is 0 Å². The van der Waals surface area contributed by atoms with E-state index in [0.29, 0.717) is 17.3 Å². The van der Waals surface area contributed by atoms with Gasteiger partial charge in [-0.05, 0) is 29.8 Å². The topological polar surface area (TPSA) is 28.7 Å². The summed E-state index contributed by atoms with van der Waals surface area (Å²) >= 11 is 9.47. The summed E-state index contributed by atoms with van der Waals surface area (Å²) in [6.45, 7) is 0.613. The van der Waals surface area contributed by atoms with E-state index in [-0.39, 0.29) is 0 Å². The van der Waals surface area contributed by atoms with Crippen LogP contribution < -0.4 is 0 Å². The lowest BCUT2D eigenvalue weighted by atomic mass is 10.2. The second kappa shape index (κ2) is 4.73. The van der Waals surface area contributed by atoms with E-state index in [1.807, 2.05) is 35.0 Å². The van der Waals surface area contributed by atoms with Gasteiger partial charge in [0.2, 0.25) is 0 Å². The van der Waals surface area contributed by atoms with E-state index in [2.05, 4.69) is 22.0 Å². The number of nitrogens with zero attached hydrogens (tertiary/aromatic N) is 2. The van der Waals surface area contributed by atoms with Gasteiger partial charge in [0.15, 0.2) is 0 Å². The van der Waals surface area contributed by atoms with Crippen LogP contribution in [0.25, 0.3) is 0 Å². The maximum absolute atomic E-state index is 8.89. The predicted octanol–water partition coefficient (Wildman–Crippen LogP) is 3.82. The van der Waals surface area contributed by atoms with E-state index in [1.54, 1.807) is 6.07 Å². The van der Waals surface area contributed by atoms with Crippen LogP contribution in [-0.4, -0.2) is 4.57 Å². The van der Waals surface area contributed by atoms with Crippen molar-refractivity contribution in [3.8, 4) is 6.07 Å². The highest BCUT2D eigenvalue weighted by molar-refractivity contribution is 9.10. The van der Waals surface area contributed by atoms with Gasteiger partial charge in [-0.3, -0.25) is 0 Å². The highest BCUT2D eigenvalue weighted by Gasteiger charge is 2.04. The van der Waals surface area contributed by atoms with Gasteiger partial charge in [0.25, 0.3) is 0 Å². The van der Waals surface area contributed by atoms with Crippen LogP contribution in [0.1, 0.15) is 11.3 Å². The molecule has 0 aliphatic heterocycles. The predicted molar refractivity (Wildman–Crippen MR) is 67.4 cm³/mol. The zero-order valence-corrected chi connectivity index (χ0v) is 10.7. The van der Waals surface area contributed by atoms with Gasteiger partial charge < -0.3 is 4.57 Å². The van der Waals surface area contributed by atoms with Crippen molar-refractivity contribution in [1.82, 2.24) is 4.57 Å². The molecule has 0 saturated carbocycles. The molecule has 2 rings (SSSR count). The van der Waals surface area contributed by atoms with Gasteiger partial charge in [-0.15, -0.1) is 0 Å². The minimum atomic E-state index is 0.613. The second-order valence-corrected chi connectivity index (χ2v) is 4.69. The highest BCUT2D eigenvalue weighted by atomic mass is 79.9. The van der Waals surface area contributed by atoms with E-state index in [4.69, 9.17) is 16.9 Å². The summed E-state index contributed by atoms with van der Waals surface area (Å²) in [6, 6.07) is 11.5. The maximum atomic E-state index is 8.89. The van der Waals surface area contributed by atoms with Gasteiger partial charge in [-0.25, -0.2) is 0 Å². The van der Waals surface area contributed by atoms with Crippen LogP contribution in [0.5, 0.6) is 0 Å². The van der Waals surface area contributed by atoms with Gasteiger partial charge in [-0.2, -0.15) is 5.26 Å². The molecule has 0 aliphatic carbocycles. The molecule has 80 valence electrons. The molecule has 16 heavy (non-hydrogen) atoms. The SMILES string of the molecule is N#Cc1cccn1Cc1ccc(Br)cc1Cl. The Balaban J connectivity index is 2.31. The Hall–Kier alpha value is -1.24. The van der Waals surface area contributed by atoms with Crippen molar-refractivity contribution in [2.24, 2.45) is 0 Å². The minimum absolute atomic E-state index is 0.613. The molecule has 0 spiro atoms. The fourth-order valence-corrected chi connectivity index (χ4v) is 2.22. The van der Waals surface area contributed by atoms with E-state index >= 15 is 0 Å². The van der Waals surface area contributed by atoms with Crippen molar-refractivity contribution < 1.29 is 0 Å². The molecule has 0 N–H and O–H groups in total. The number of halogens is 2.